The molecule has 0 aromatic carbocycles. The Morgan fingerprint density at radius 1 is 1.38 bits per heavy atom. The third kappa shape index (κ3) is 4.76. The van der Waals surface area contributed by atoms with Gasteiger partial charge in [-0.05, 0) is 6.92 Å². The van der Waals surface area contributed by atoms with Crippen LogP contribution in [0.4, 0.5) is 17.6 Å². The summed E-state index contributed by atoms with van der Waals surface area (Å²) < 4.78 is 63.4. The molecule has 0 saturated heterocycles. The Labute approximate surface area is 117 Å². The molecular weight excluding hydrogens is 298 g/mol. The summed E-state index contributed by atoms with van der Waals surface area (Å²) in [5, 5.41) is 0. The number of carbonyl (C=O) groups is 1. The topological polar surface area (TPSA) is 57.7 Å². The molecule has 0 aliphatic carbocycles. The zero-order chi connectivity index (χ0) is 16.0. The molecule has 0 spiro atoms. The van der Waals surface area contributed by atoms with Crippen molar-refractivity contribution in [1.82, 2.24) is 4.98 Å². The van der Waals surface area contributed by atoms with Crippen molar-refractivity contribution >= 4 is 5.97 Å². The number of carbonyl (C=O) groups excluding carboxylic acids is 1. The van der Waals surface area contributed by atoms with Crippen LogP contribution in [-0.2, 0) is 22.6 Å². The fraction of sp³-hybridized carbons (Fsp3) is 0.500. The maximum atomic E-state index is 13.0. The van der Waals surface area contributed by atoms with Crippen molar-refractivity contribution < 1.29 is 36.6 Å². The van der Waals surface area contributed by atoms with Crippen LogP contribution in [0.25, 0.3) is 0 Å². The number of nitrogens with zero attached hydrogens (tertiary/aromatic N) is 1. The summed E-state index contributed by atoms with van der Waals surface area (Å²) in [6.07, 6.45) is -4.61. The molecule has 0 radical (unpaired) electrons. The first-order chi connectivity index (χ1) is 9.82. The summed E-state index contributed by atoms with van der Waals surface area (Å²) in [5.41, 5.74) is -0.754. The SMILES string of the molecule is CCOC(=O)Cc1cnc(OC)c(CF)c1OC(F)(F)F. The predicted molar refractivity (Wildman–Crippen MR) is 62.6 cm³/mol. The Hall–Kier alpha value is -2.06. The quantitative estimate of drug-likeness (QED) is 0.597. The number of methoxy groups -OCH3 is 1. The van der Waals surface area contributed by atoms with E-state index in [0.717, 1.165) is 13.3 Å². The second-order valence-electron chi connectivity index (χ2n) is 3.76. The third-order valence-corrected chi connectivity index (χ3v) is 2.35. The van der Waals surface area contributed by atoms with Crippen LogP contribution in [0.15, 0.2) is 6.20 Å². The maximum Gasteiger partial charge on any atom is 0.573 e. The summed E-state index contributed by atoms with van der Waals surface area (Å²) in [7, 11) is 1.13. The highest BCUT2D eigenvalue weighted by atomic mass is 19.4. The largest absolute Gasteiger partial charge is 0.573 e. The standard InChI is InChI=1S/C12H13F4NO4/c1-3-20-9(18)4-7-6-17-11(19-2)8(5-13)10(7)21-12(14,15)16/h6H,3-5H2,1-2H3. The zero-order valence-corrected chi connectivity index (χ0v) is 11.3. The number of halogens is 4. The minimum absolute atomic E-state index is 0.0633. The molecule has 1 aromatic heterocycles. The summed E-state index contributed by atoms with van der Waals surface area (Å²) in [6, 6.07) is 0. The first kappa shape index (κ1) is 17.0. The van der Waals surface area contributed by atoms with Crippen molar-refractivity contribution in [1.29, 1.82) is 0 Å². The molecule has 0 unspecified atom stereocenters. The highest BCUT2D eigenvalue weighted by Crippen LogP contribution is 2.35. The van der Waals surface area contributed by atoms with Crippen molar-refractivity contribution in [2.24, 2.45) is 0 Å². The zero-order valence-electron chi connectivity index (χ0n) is 11.3. The second kappa shape index (κ2) is 7.09. The van der Waals surface area contributed by atoms with Crippen LogP contribution in [-0.4, -0.2) is 31.0 Å². The van der Waals surface area contributed by atoms with Gasteiger partial charge in [0.25, 0.3) is 0 Å². The molecule has 0 fully saturated rings. The molecule has 1 heterocycles. The molecule has 0 bridgehead atoms. The van der Waals surface area contributed by atoms with Gasteiger partial charge in [-0.1, -0.05) is 0 Å². The molecule has 0 aliphatic rings. The van der Waals surface area contributed by atoms with E-state index in [9.17, 15) is 22.4 Å². The maximum absolute atomic E-state index is 13.0. The van der Waals surface area contributed by atoms with Gasteiger partial charge in [-0.3, -0.25) is 4.79 Å². The summed E-state index contributed by atoms with van der Waals surface area (Å²) in [6.45, 7) is 0.316. The summed E-state index contributed by atoms with van der Waals surface area (Å²) in [5.74, 6) is -1.95. The van der Waals surface area contributed by atoms with E-state index in [-0.39, 0.29) is 18.1 Å². The van der Waals surface area contributed by atoms with Crippen LogP contribution in [0.2, 0.25) is 0 Å². The normalized spacial score (nSPS) is 11.1. The number of rotatable bonds is 6. The first-order valence-corrected chi connectivity index (χ1v) is 5.84. The van der Waals surface area contributed by atoms with Gasteiger partial charge in [0, 0.05) is 11.8 Å². The Bertz CT molecular complexity index is 505. The molecule has 0 N–H and O–H groups in total. The molecule has 21 heavy (non-hydrogen) atoms. The van der Waals surface area contributed by atoms with Crippen LogP contribution in [0.3, 0.4) is 0 Å². The number of pyridine rings is 1. The van der Waals surface area contributed by atoms with Crippen LogP contribution < -0.4 is 9.47 Å². The van der Waals surface area contributed by atoms with Gasteiger partial charge in [0.2, 0.25) is 5.88 Å². The molecule has 9 heteroatoms. The fourth-order valence-electron chi connectivity index (χ4n) is 1.59. The van der Waals surface area contributed by atoms with Gasteiger partial charge >= 0.3 is 12.3 Å². The van der Waals surface area contributed by atoms with E-state index in [0.29, 0.717) is 0 Å². The third-order valence-electron chi connectivity index (χ3n) is 2.35. The van der Waals surface area contributed by atoms with Crippen molar-refractivity contribution in [3.63, 3.8) is 0 Å². The Balaban J connectivity index is 3.25. The molecular formula is C12H13F4NO4. The number of esters is 1. The molecule has 0 amide bonds. The molecule has 0 atom stereocenters. The van der Waals surface area contributed by atoms with Crippen LogP contribution in [0, 0.1) is 0 Å². The lowest BCUT2D eigenvalue weighted by Gasteiger charge is -2.17. The number of ether oxygens (including phenoxy) is 3. The first-order valence-electron chi connectivity index (χ1n) is 5.84. The van der Waals surface area contributed by atoms with E-state index in [4.69, 9.17) is 0 Å². The molecule has 5 nitrogen and oxygen atoms in total. The molecule has 0 saturated carbocycles. The van der Waals surface area contributed by atoms with Crippen molar-refractivity contribution in [3.8, 4) is 11.6 Å². The van der Waals surface area contributed by atoms with Crippen LogP contribution >= 0.6 is 0 Å². The van der Waals surface area contributed by atoms with E-state index in [2.05, 4.69) is 19.2 Å². The Morgan fingerprint density at radius 2 is 2.05 bits per heavy atom. The van der Waals surface area contributed by atoms with E-state index in [1.165, 1.54) is 0 Å². The lowest BCUT2D eigenvalue weighted by atomic mass is 10.1. The van der Waals surface area contributed by atoms with E-state index >= 15 is 0 Å². The molecule has 1 aromatic rings. The van der Waals surface area contributed by atoms with Crippen molar-refractivity contribution in [3.05, 3.63) is 17.3 Å². The van der Waals surface area contributed by atoms with Crippen molar-refractivity contribution in [2.75, 3.05) is 13.7 Å². The predicted octanol–water partition coefficient (Wildman–Crippen LogP) is 2.56. The van der Waals surface area contributed by atoms with Gasteiger partial charge in [0.05, 0.1) is 25.7 Å². The summed E-state index contributed by atoms with van der Waals surface area (Å²) >= 11 is 0. The van der Waals surface area contributed by atoms with Gasteiger partial charge in [-0.2, -0.15) is 0 Å². The number of aromatic nitrogens is 1. The summed E-state index contributed by atoms with van der Waals surface area (Å²) in [4.78, 5) is 15.0. The fourth-order valence-corrected chi connectivity index (χ4v) is 1.59. The van der Waals surface area contributed by atoms with Gasteiger partial charge in [-0.25, -0.2) is 9.37 Å². The number of hydrogen-bond acceptors (Lipinski definition) is 5. The Kier molecular flexibility index (Phi) is 5.74. The van der Waals surface area contributed by atoms with E-state index in [1.54, 1.807) is 6.92 Å². The lowest BCUT2D eigenvalue weighted by Crippen LogP contribution is -2.21. The average Bonchev–Trinajstić information content (AvgIpc) is 2.39. The van der Waals surface area contributed by atoms with E-state index in [1.807, 2.05) is 0 Å². The van der Waals surface area contributed by atoms with Crippen molar-refractivity contribution in [2.45, 2.75) is 26.4 Å². The lowest BCUT2D eigenvalue weighted by molar-refractivity contribution is -0.275. The van der Waals surface area contributed by atoms with Gasteiger partial charge < -0.3 is 14.2 Å². The van der Waals surface area contributed by atoms with Crippen LogP contribution in [0.1, 0.15) is 18.1 Å². The van der Waals surface area contributed by atoms with Gasteiger partial charge in [0.15, 0.2) is 0 Å². The Morgan fingerprint density at radius 3 is 2.52 bits per heavy atom. The second-order valence-corrected chi connectivity index (χ2v) is 3.76. The number of alkyl halides is 4. The highest BCUT2D eigenvalue weighted by Gasteiger charge is 2.34. The monoisotopic (exact) mass is 311 g/mol. The van der Waals surface area contributed by atoms with E-state index < -0.39 is 36.7 Å². The smallest absolute Gasteiger partial charge is 0.481 e. The van der Waals surface area contributed by atoms with Gasteiger partial charge in [-0.15, -0.1) is 13.2 Å². The molecule has 1 rings (SSSR count). The minimum Gasteiger partial charge on any atom is -0.481 e. The molecule has 118 valence electrons. The van der Waals surface area contributed by atoms with Gasteiger partial charge in [0.1, 0.15) is 12.4 Å². The minimum atomic E-state index is -5.04. The number of hydrogen-bond donors (Lipinski definition) is 0. The highest BCUT2D eigenvalue weighted by molar-refractivity contribution is 5.74. The molecule has 0 aliphatic heterocycles. The van der Waals surface area contributed by atoms with Crippen LogP contribution in [0.5, 0.6) is 11.6 Å². The average molecular weight is 311 g/mol.